The lowest BCUT2D eigenvalue weighted by Crippen LogP contribution is -2.44. The van der Waals surface area contributed by atoms with Gasteiger partial charge in [-0.05, 0) is 25.3 Å². The molecule has 0 spiro atoms. The van der Waals surface area contributed by atoms with Crippen LogP contribution < -0.4 is 5.32 Å². The van der Waals surface area contributed by atoms with Gasteiger partial charge in [0.1, 0.15) is 0 Å². The average molecular weight is 302 g/mol. The molecule has 1 N–H and O–H groups in total. The van der Waals surface area contributed by atoms with Crippen LogP contribution in [0.5, 0.6) is 0 Å². The minimum atomic E-state index is 0.0293. The summed E-state index contributed by atoms with van der Waals surface area (Å²) in [7, 11) is 0. The Hall–Kier alpha value is -1.84. The van der Waals surface area contributed by atoms with Crippen molar-refractivity contribution in [3.05, 3.63) is 35.4 Å². The molecule has 120 valence electrons. The molecule has 1 heterocycles. The quantitative estimate of drug-likeness (QED) is 0.929. The minimum Gasteiger partial charge on any atom is -0.352 e. The fourth-order valence-corrected chi connectivity index (χ4v) is 2.77. The molecule has 4 nitrogen and oxygen atoms in total. The van der Waals surface area contributed by atoms with E-state index in [9.17, 15) is 9.59 Å². The van der Waals surface area contributed by atoms with E-state index in [0.717, 1.165) is 18.4 Å². The Kier molecular flexibility index (Phi) is 5.58. The number of likely N-dealkylation sites (tertiary alicyclic amines) is 1. The van der Waals surface area contributed by atoms with E-state index in [-0.39, 0.29) is 23.7 Å². The molecule has 0 aromatic heterocycles. The van der Waals surface area contributed by atoms with Crippen LogP contribution in [0, 0.1) is 18.8 Å². The van der Waals surface area contributed by atoms with E-state index in [0.29, 0.717) is 19.6 Å². The van der Waals surface area contributed by atoms with Crippen LogP contribution in [0.1, 0.15) is 37.8 Å². The third-order valence-electron chi connectivity index (χ3n) is 4.26. The lowest BCUT2D eigenvalue weighted by Gasteiger charge is -2.32. The summed E-state index contributed by atoms with van der Waals surface area (Å²) in [6, 6.07) is 8.19. The number of nitrogens with one attached hydrogen (secondary N) is 1. The largest absolute Gasteiger partial charge is 0.352 e. The Morgan fingerprint density at radius 3 is 2.32 bits per heavy atom. The second-order valence-corrected chi connectivity index (χ2v) is 6.46. The fraction of sp³-hybridized carbons (Fsp3) is 0.556. The lowest BCUT2D eigenvalue weighted by molar-refractivity contribution is -0.138. The van der Waals surface area contributed by atoms with Crippen LogP contribution in [0.15, 0.2) is 24.3 Å². The van der Waals surface area contributed by atoms with Crippen LogP contribution in [0.4, 0.5) is 0 Å². The number of carbonyl (C=O) groups is 2. The number of amides is 2. The van der Waals surface area contributed by atoms with Crippen molar-refractivity contribution in [2.75, 3.05) is 13.1 Å². The molecule has 1 fully saturated rings. The molecule has 0 unspecified atom stereocenters. The number of carbonyl (C=O) groups excluding carboxylic acids is 2. The van der Waals surface area contributed by atoms with Crippen molar-refractivity contribution < 1.29 is 9.59 Å². The van der Waals surface area contributed by atoms with E-state index in [1.807, 2.05) is 30.9 Å². The van der Waals surface area contributed by atoms with E-state index in [4.69, 9.17) is 0 Å². The van der Waals surface area contributed by atoms with E-state index in [1.165, 1.54) is 5.56 Å². The molecule has 0 atom stereocenters. The van der Waals surface area contributed by atoms with Crippen LogP contribution in [0.3, 0.4) is 0 Å². The van der Waals surface area contributed by atoms with Gasteiger partial charge in [-0.15, -0.1) is 0 Å². The topological polar surface area (TPSA) is 49.4 Å². The smallest absolute Gasteiger partial charge is 0.225 e. The summed E-state index contributed by atoms with van der Waals surface area (Å²) in [5.74, 6) is 0.365. The predicted octanol–water partition coefficient (Wildman–Crippen LogP) is 2.51. The molecule has 0 saturated carbocycles. The maximum Gasteiger partial charge on any atom is 0.225 e. The van der Waals surface area contributed by atoms with Gasteiger partial charge >= 0.3 is 0 Å². The van der Waals surface area contributed by atoms with E-state index in [1.54, 1.807) is 0 Å². The van der Waals surface area contributed by atoms with Gasteiger partial charge in [-0.25, -0.2) is 0 Å². The van der Waals surface area contributed by atoms with Gasteiger partial charge in [0, 0.05) is 31.5 Å². The molecular formula is C18H26N2O2. The summed E-state index contributed by atoms with van der Waals surface area (Å²) in [4.78, 5) is 26.1. The number of rotatable bonds is 4. The first kappa shape index (κ1) is 16.5. The first-order chi connectivity index (χ1) is 10.5. The molecule has 0 aliphatic carbocycles. The third-order valence-corrected chi connectivity index (χ3v) is 4.26. The maximum atomic E-state index is 12.2. The first-order valence-corrected chi connectivity index (χ1v) is 8.09. The zero-order valence-corrected chi connectivity index (χ0v) is 13.8. The SMILES string of the molecule is Cc1ccc(CNC(=O)C2CCN(C(=O)C(C)C)CC2)cc1. The number of piperidine rings is 1. The van der Waals surface area contributed by atoms with Gasteiger partial charge in [-0.1, -0.05) is 43.7 Å². The van der Waals surface area contributed by atoms with E-state index >= 15 is 0 Å². The first-order valence-electron chi connectivity index (χ1n) is 8.09. The second kappa shape index (κ2) is 7.43. The highest BCUT2D eigenvalue weighted by Crippen LogP contribution is 2.19. The molecule has 2 rings (SSSR count). The molecule has 0 radical (unpaired) electrons. The molecule has 22 heavy (non-hydrogen) atoms. The normalized spacial score (nSPS) is 15.9. The molecule has 1 aliphatic heterocycles. The number of aryl methyl sites for hydroxylation is 1. The molecule has 2 amide bonds. The highest BCUT2D eigenvalue weighted by atomic mass is 16.2. The van der Waals surface area contributed by atoms with Crippen molar-refractivity contribution in [2.24, 2.45) is 11.8 Å². The molecule has 1 aromatic rings. The van der Waals surface area contributed by atoms with Gasteiger partial charge < -0.3 is 10.2 Å². The molecule has 4 heteroatoms. The predicted molar refractivity (Wildman–Crippen MR) is 87.2 cm³/mol. The van der Waals surface area contributed by atoms with Gasteiger partial charge in [0.25, 0.3) is 0 Å². The Balaban J connectivity index is 1.77. The van der Waals surface area contributed by atoms with Crippen LogP contribution in [0.25, 0.3) is 0 Å². The fourth-order valence-electron chi connectivity index (χ4n) is 2.77. The maximum absolute atomic E-state index is 12.2. The van der Waals surface area contributed by atoms with E-state index in [2.05, 4.69) is 24.4 Å². The summed E-state index contributed by atoms with van der Waals surface area (Å²) in [5.41, 5.74) is 2.34. The zero-order chi connectivity index (χ0) is 16.1. The van der Waals surface area contributed by atoms with Crippen LogP contribution in [-0.4, -0.2) is 29.8 Å². The van der Waals surface area contributed by atoms with Crippen molar-refractivity contribution in [1.82, 2.24) is 10.2 Å². The summed E-state index contributed by atoms with van der Waals surface area (Å²) in [5, 5.41) is 3.01. The number of nitrogens with zero attached hydrogens (tertiary/aromatic N) is 1. The Morgan fingerprint density at radius 1 is 1.18 bits per heavy atom. The number of hydrogen-bond acceptors (Lipinski definition) is 2. The monoisotopic (exact) mass is 302 g/mol. The van der Waals surface area contributed by atoms with Crippen molar-refractivity contribution in [3.8, 4) is 0 Å². The van der Waals surface area contributed by atoms with Crippen LogP contribution in [-0.2, 0) is 16.1 Å². The van der Waals surface area contributed by atoms with Gasteiger partial charge in [0.05, 0.1) is 0 Å². The number of benzene rings is 1. The summed E-state index contributed by atoms with van der Waals surface area (Å²) >= 11 is 0. The standard InChI is InChI=1S/C18H26N2O2/c1-13(2)18(22)20-10-8-16(9-11-20)17(21)19-12-15-6-4-14(3)5-7-15/h4-7,13,16H,8-12H2,1-3H3,(H,19,21). The third kappa shape index (κ3) is 4.33. The van der Waals surface area contributed by atoms with Gasteiger partial charge in [0.15, 0.2) is 0 Å². The van der Waals surface area contributed by atoms with Gasteiger partial charge in [-0.2, -0.15) is 0 Å². The Labute approximate surface area is 132 Å². The van der Waals surface area contributed by atoms with Crippen molar-refractivity contribution in [1.29, 1.82) is 0 Å². The summed E-state index contributed by atoms with van der Waals surface area (Å²) < 4.78 is 0. The minimum absolute atomic E-state index is 0.0293. The molecule has 1 aliphatic rings. The Morgan fingerprint density at radius 2 is 1.77 bits per heavy atom. The van der Waals surface area contributed by atoms with Crippen LogP contribution >= 0.6 is 0 Å². The summed E-state index contributed by atoms with van der Waals surface area (Å²) in [6.07, 6.45) is 1.52. The average Bonchev–Trinajstić information content (AvgIpc) is 2.53. The number of hydrogen-bond donors (Lipinski definition) is 1. The highest BCUT2D eigenvalue weighted by Gasteiger charge is 2.27. The van der Waals surface area contributed by atoms with Crippen molar-refractivity contribution in [3.63, 3.8) is 0 Å². The summed E-state index contributed by atoms with van der Waals surface area (Å²) in [6.45, 7) is 7.85. The van der Waals surface area contributed by atoms with Crippen LogP contribution in [0.2, 0.25) is 0 Å². The molecule has 1 saturated heterocycles. The van der Waals surface area contributed by atoms with Gasteiger partial charge in [-0.3, -0.25) is 9.59 Å². The molecule has 1 aromatic carbocycles. The Bertz CT molecular complexity index is 514. The highest BCUT2D eigenvalue weighted by molar-refractivity contribution is 5.80. The van der Waals surface area contributed by atoms with Crippen molar-refractivity contribution in [2.45, 2.75) is 40.2 Å². The molecule has 0 bridgehead atoms. The zero-order valence-electron chi connectivity index (χ0n) is 13.8. The lowest BCUT2D eigenvalue weighted by atomic mass is 9.95. The molecular weight excluding hydrogens is 276 g/mol. The second-order valence-electron chi connectivity index (χ2n) is 6.46. The van der Waals surface area contributed by atoms with Crippen molar-refractivity contribution >= 4 is 11.8 Å². The van der Waals surface area contributed by atoms with E-state index < -0.39 is 0 Å². The van der Waals surface area contributed by atoms with Gasteiger partial charge in [0.2, 0.25) is 11.8 Å².